The topological polar surface area (TPSA) is 74.8 Å². The van der Waals surface area contributed by atoms with Crippen molar-refractivity contribution in [3.8, 4) is 0 Å². The number of benzene rings is 1. The second-order valence-electron chi connectivity index (χ2n) is 5.10. The molecule has 8 heteroatoms. The Balaban J connectivity index is 2.08. The summed E-state index contributed by atoms with van der Waals surface area (Å²) in [5.41, 5.74) is 1.02. The number of carbonyl (C=O) groups excluding carboxylic acids is 1. The smallest absolute Gasteiger partial charge is 0.253 e. The molecule has 118 valence electrons. The molecular formula is C14H18FN5OS. The average Bonchev–Trinajstić information content (AvgIpc) is 3.03. The Bertz CT molecular complexity index is 634. The lowest BCUT2D eigenvalue weighted by atomic mass is 10.1. The van der Waals surface area contributed by atoms with Crippen LogP contribution in [-0.4, -0.2) is 51.3 Å². The highest BCUT2D eigenvalue weighted by atomic mass is 32.2. The predicted molar refractivity (Wildman–Crippen MR) is 83.2 cm³/mol. The predicted octanol–water partition coefficient (Wildman–Crippen LogP) is 2.08. The minimum Gasteiger partial charge on any atom is -0.341 e. The SMILES string of the molecule is CSCc1cc(C(=O)N(C)C[C@@H](C)c2nn[nH]n2)ccc1F. The third-order valence-electron chi connectivity index (χ3n) is 3.29. The fourth-order valence-corrected chi connectivity index (χ4v) is 2.68. The molecule has 0 saturated carbocycles. The number of hydrogen-bond donors (Lipinski definition) is 1. The zero-order valence-electron chi connectivity index (χ0n) is 12.7. The van der Waals surface area contributed by atoms with Gasteiger partial charge in [0.25, 0.3) is 5.91 Å². The van der Waals surface area contributed by atoms with E-state index >= 15 is 0 Å². The van der Waals surface area contributed by atoms with E-state index in [9.17, 15) is 9.18 Å². The van der Waals surface area contributed by atoms with Crippen molar-refractivity contribution < 1.29 is 9.18 Å². The number of carbonyl (C=O) groups is 1. The van der Waals surface area contributed by atoms with Gasteiger partial charge in [0.05, 0.1) is 0 Å². The molecule has 1 amide bonds. The van der Waals surface area contributed by atoms with E-state index in [2.05, 4.69) is 20.6 Å². The Morgan fingerprint density at radius 3 is 2.91 bits per heavy atom. The Hall–Kier alpha value is -1.96. The Morgan fingerprint density at radius 1 is 1.50 bits per heavy atom. The van der Waals surface area contributed by atoms with E-state index < -0.39 is 0 Å². The summed E-state index contributed by atoms with van der Waals surface area (Å²) in [4.78, 5) is 14.0. The standard InChI is InChI=1S/C14H18FN5OS/c1-9(13-16-18-19-17-13)7-20(2)14(21)10-4-5-12(15)11(6-10)8-22-3/h4-6,9H,7-8H2,1-3H3,(H,16,17,18,19)/t9-/m1/s1. The first-order chi connectivity index (χ1) is 10.5. The van der Waals surface area contributed by atoms with Crippen molar-refractivity contribution in [3.63, 3.8) is 0 Å². The molecular weight excluding hydrogens is 305 g/mol. The Morgan fingerprint density at radius 2 is 2.27 bits per heavy atom. The number of amides is 1. The molecule has 2 rings (SSSR count). The highest BCUT2D eigenvalue weighted by Crippen LogP contribution is 2.18. The normalized spacial score (nSPS) is 12.2. The number of halogens is 1. The minimum atomic E-state index is -0.284. The molecule has 0 aliphatic carbocycles. The summed E-state index contributed by atoms with van der Waals surface area (Å²) in [5.74, 6) is 0.614. The summed E-state index contributed by atoms with van der Waals surface area (Å²) in [6, 6.07) is 4.47. The van der Waals surface area contributed by atoms with Gasteiger partial charge in [-0.05, 0) is 30.0 Å². The summed E-state index contributed by atoms with van der Waals surface area (Å²) < 4.78 is 13.7. The third kappa shape index (κ3) is 3.82. The molecule has 2 aromatic rings. The van der Waals surface area contributed by atoms with Gasteiger partial charge in [0.1, 0.15) is 5.82 Å². The van der Waals surface area contributed by atoms with Gasteiger partial charge in [0, 0.05) is 30.8 Å². The van der Waals surface area contributed by atoms with Crippen LogP contribution in [0.25, 0.3) is 0 Å². The number of thioether (sulfide) groups is 1. The molecule has 22 heavy (non-hydrogen) atoms. The molecule has 0 saturated heterocycles. The van der Waals surface area contributed by atoms with Crippen LogP contribution in [0.5, 0.6) is 0 Å². The molecule has 1 N–H and O–H groups in total. The van der Waals surface area contributed by atoms with Gasteiger partial charge in [0.2, 0.25) is 0 Å². The second kappa shape index (κ2) is 7.35. The lowest BCUT2D eigenvalue weighted by molar-refractivity contribution is 0.0787. The zero-order chi connectivity index (χ0) is 16.1. The first-order valence-electron chi connectivity index (χ1n) is 6.79. The molecule has 0 radical (unpaired) electrons. The van der Waals surface area contributed by atoms with Gasteiger partial charge in [-0.25, -0.2) is 4.39 Å². The second-order valence-corrected chi connectivity index (χ2v) is 5.96. The average molecular weight is 323 g/mol. The molecule has 0 aliphatic heterocycles. The van der Waals surface area contributed by atoms with E-state index in [-0.39, 0.29) is 17.6 Å². The minimum absolute atomic E-state index is 0.0428. The molecule has 1 heterocycles. The Kier molecular flexibility index (Phi) is 5.48. The van der Waals surface area contributed by atoms with Gasteiger partial charge >= 0.3 is 0 Å². The van der Waals surface area contributed by atoms with Crippen molar-refractivity contribution in [2.24, 2.45) is 0 Å². The van der Waals surface area contributed by atoms with Crippen LogP contribution in [0.2, 0.25) is 0 Å². The molecule has 0 spiro atoms. The van der Waals surface area contributed by atoms with Crippen molar-refractivity contribution in [2.45, 2.75) is 18.6 Å². The maximum Gasteiger partial charge on any atom is 0.253 e. The quantitative estimate of drug-likeness (QED) is 0.881. The molecule has 0 unspecified atom stereocenters. The number of nitrogens with one attached hydrogen (secondary N) is 1. The summed E-state index contributed by atoms with van der Waals surface area (Å²) in [7, 11) is 1.70. The number of hydrogen-bond acceptors (Lipinski definition) is 5. The number of tetrazole rings is 1. The van der Waals surface area contributed by atoms with Gasteiger partial charge in [-0.2, -0.15) is 17.0 Å². The van der Waals surface area contributed by atoms with Crippen molar-refractivity contribution in [2.75, 3.05) is 19.8 Å². The number of rotatable bonds is 6. The van der Waals surface area contributed by atoms with Gasteiger partial charge < -0.3 is 4.90 Å². The maximum atomic E-state index is 13.7. The molecule has 1 aromatic carbocycles. The van der Waals surface area contributed by atoms with Crippen LogP contribution in [0, 0.1) is 5.82 Å². The largest absolute Gasteiger partial charge is 0.341 e. The first-order valence-corrected chi connectivity index (χ1v) is 8.18. The van der Waals surface area contributed by atoms with Gasteiger partial charge in [0.15, 0.2) is 5.82 Å². The van der Waals surface area contributed by atoms with E-state index in [1.165, 1.54) is 23.9 Å². The summed E-state index contributed by atoms with van der Waals surface area (Å²) in [6.07, 6.45) is 1.90. The van der Waals surface area contributed by atoms with Crippen molar-refractivity contribution in [1.82, 2.24) is 25.5 Å². The van der Waals surface area contributed by atoms with Crippen LogP contribution in [0.1, 0.15) is 34.6 Å². The summed E-state index contributed by atoms with van der Waals surface area (Å²) in [5, 5.41) is 13.7. The van der Waals surface area contributed by atoms with Crippen LogP contribution >= 0.6 is 11.8 Å². The van der Waals surface area contributed by atoms with E-state index in [0.717, 1.165) is 0 Å². The van der Waals surface area contributed by atoms with Crippen LogP contribution in [0.15, 0.2) is 18.2 Å². The number of aromatic amines is 1. The van der Waals surface area contributed by atoms with Crippen molar-refractivity contribution in [3.05, 3.63) is 41.0 Å². The van der Waals surface area contributed by atoms with E-state index in [0.29, 0.717) is 29.2 Å². The van der Waals surface area contributed by atoms with Crippen LogP contribution in [0.4, 0.5) is 4.39 Å². The van der Waals surface area contributed by atoms with Crippen LogP contribution in [0.3, 0.4) is 0 Å². The maximum absolute atomic E-state index is 13.7. The number of nitrogens with zero attached hydrogens (tertiary/aromatic N) is 4. The number of likely N-dealkylation sites (N-methyl/N-ethyl adjacent to an activating group) is 1. The third-order valence-corrected chi connectivity index (χ3v) is 3.89. The highest BCUT2D eigenvalue weighted by Gasteiger charge is 2.19. The molecule has 1 atom stereocenters. The first kappa shape index (κ1) is 16.4. The molecule has 0 bridgehead atoms. The summed E-state index contributed by atoms with van der Waals surface area (Å²) >= 11 is 1.51. The van der Waals surface area contributed by atoms with Crippen LogP contribution in [-0.2, 0) is 5.75 Å². The molecule has 0 aliphatic rings. The lowest BCUT2D eigenvalue weighted by Gasteiger charge is -2.20. The van der Waals surface area contributed by atoms with Gasteiger partial charge in [-0.3, -0.25) is 4.79 Å². The van der Waals surface area contributed by atoms with Gasteiger partial charge in [-0.1, -0.05) is 12.1 Å². The fourth-order valence-electron chi connectivity index (χ4n) is 2.15. The van der Waals surface area contributed by atoms with Crippen LogP contribution < -0.4 is 0 Å². The molecule has 0 fully saturated rings. The van der Waals surface area contributed by atoms with E-state index in [1.807, 2.05) is 13.2 Å². The van der Waals surface area contributed by atoms with Crippen molar-refractivity contribution >= 4 is 17.7 Å². The van der Waals surface area contributed by atoms with E-state index in [4.69, 9.17) is 0 Å². The Labute approximate surface area is 132 Å². The zero-order valence-corrected chi connectivity index (χ0v) is 13.5. The van der Waals surface area contributed by atoms with Crippen molar-refractivity contribution in [1.29, 1.82) is 0 Å². The molecule has 6 nitrogen and oxygen atoms in total. The number of H-pyrrole nitrogens is 1. The number of aromatic nitrogens is 4. The summed E-state index contributed by atoms with van der Waals surface area (Å²) in [6.45, 7) is 2.37. The van der Waals surface area contributed by atoms with E-state index in [1.54, 1.807) is 18.0 Å². The van der Waals surface area contributed by atoms with Gasteiger partial charge in [-0.15, -0.1) is 10.2 Å². The highest BCUT2D eigenvalue weighted by molar-refractivity contribution is 7.97. The monoisotopic (exact) mass is 323 g/mol. The fraction of sp³-hybridized carbons (Fsp3) is 0.429. The lowest BCUT2D eigenvalue weighted by Crippen LogP contribution is -2.30. The molecule has 1 aromatic heterocycles.